The van der Waals surface area contributed by atoms with Crippen molar-refractivity contribution in [1.29, 1.82) is 0 Å². The Morgan fingerprint density at radius 3 is 2.50 bits per heavy atom. The van der Waals surface area contributed by atoms with Crippen molar-refractivity contribution >= 4 is 34.2 Å². The van der Waals surface area contributed by atoms with Crippen LogP contribution in [0.3, 0.4) is 0 Å². The highest BCUT2D eigenvalue weighted by Gasteiger charge is 2.01. The van der Waals surface area contributed by atoms with Crippen LogP contribution in [0.15, 0.2) is 84.0 Å². The second-order valence-corrected chi connectivity index (χ2v) is 5.95. The third kappa shape index (κ3) is 5.05. The van der Waals surface area contributed by atoms with Crippen LogP contribution < -0.4 is 10.7 Å². The molecule has 0 bridgehead atoms. The zero-order valence-corrected chi connectivity index (χ0v) is 14.6. The minimum absolute atomic E-state index is 0.164. The van der Waals surface area contributed by atoms with Crippen molar-refractivity contribution < 1.29 is 4.79 Å². The maximum atomic E-state index is 12.0. The van der Waals surface area contributed by atoms with Gasteiger partial charge in [-0.3, -0.25) is 4.79 Å². The number of hydrogen-bond donors (Lipinski definition) is 2. The van der Waals surface area contributed by atoms with Crippen LogP contribution in [0.5, 0.6) is 0 Å². The Bertz CT molecular complexity index is 946. The van der Waals surface area contributed by atoms with Gasteiger partial charge in [-0.15, -0.1) is 0 Å². The van der Waals surface area contributed by atoms with Gasteiger partial charge in [0.05, 0.1) is 12.3 Å². The van der Waals surface area contributed by atoms with Crippen LogP contribution >= 0.6 is 0 Å². The number of fused-ring (bicyclic) bond motifs is 1. The largest absolute Gasteiger partial charge is 0.376 e. The van der Waals surface area contributed by atoms with E-state index in [1.165, 1.54) is 5.39 Å². The van der Waals surface area contributed by atoms with Crippen LogP contribution in [0.25, 0.3) is 16.8 Å². The fourth-order valence-electron chi connectivity index (χ4n) is 2.49. The van der Waals surface area contributed by atoms with E-state index in [0.29, 0.717) is 0 Å². The fraction of sp³-hybridized carbons (Fsp3) is 0.0909. The summed E-state index contributed by atoms with van der Waals surface area (Å²) in [6, 6.07) is 24.1. The minimum atomic E-state index is -0.189. The molecule has 3 aromatic carbocycles. The summed E-state index contributed by atoms with van der Waals surface area (Å²) in [6.07, 6.45) is 3.82. The molecular formula is C22H21N3O. The number of anilines is 1. The first-order chi connectivity index (χ1) is 12.7. The maximum Gasteiger partial charge on any atom is 0.259 e. The lowest BCUT2D eigenvalue weighted by Crippen LogP contribution is -2.26. The third-order valence-electron chi connectivity index (χ3n) is 3.88. The molecule has 130 valence electrons. The summed E-state index contributed by atoms with van der Waals surface area (Å²) < 4.78 is 0. The lowest BCUT2D eigenvalue weighted by Gasteiger charge is -2.07. The molecule has 0 aliphatic rings. The van der Waals surface area contributed by atoms with E-state index in [4.69, 9.17) is 0 Å². The van der Waals surface area contributed by atoms with Crippen LogP contribution in [0.1, 0.15) is 12.5 Å². The predicted molar refractivity (Wildman–Crippen MR) is 109 cm³/mol. The summed E-state index contributed by atoms with van der Waals surface area (Å²) in [5.74, 6) is -0.189. The summed E-state index contributed by atoms with van der Waals surface area (Å²) in [4.78, 5) is 12.0. The Morgan fingerprint density at radius 1 is 0.962 bits per heavy atom. The summed E-state index contributed by atoms with van der Waals surface area (Å²) in [5, 5.41) is 9.52. The molecule has 0 aliphatic heterocycles. The monoisotopic (exact) mass is 343 g/mol. The van der Waals surface area contributed by atoms with E-state index in [0.717, 1.165) is 22.3 Å². The Kier molecular flexibility index (Phi) is 5.78. The molecule has 0 radical (unpaired) electrons. The second-order valence-electron chi connectivity index (χ2n) is 5.95. The number of amides is 1. The van der Waals surface area contributed by atoms with Gasteiger partial charge < -0.3 is 5.32 Å². The smallest absolute Gasteiger partial charge is 0.259 e. The summed E-state index contributed by atoms with van der Waals surface area (Å²) in [5.41, 5.74) is 5.29. The fourth-order valence-corrected chi connectivity index (χ4v) is 2.49. The minimum Gasteiger partial charge on any atom is -0.376 e. The Hall–Kier alpha value is -3.40. The van der Waals surface area contributed by atoms with E-state index in [1.807, 2.05) is 85.8 Å². The number of hydrogen-bond acceptors (Lipinski definition) is 3. The lowest BCUT2D eigenvalue weighted by atomic mass is 10.1. The standard InChI is InChI=1S/C22H21N3O/c1-17(11-12-18-7-3-2-4-8-18)24-25-22(26)16-23-21-14-13-19-9-5-6-10-20(19)15-21/h2-15,23H,16H2,1H3,(H,25,26)/b12-11-,24-17?. The Morgan fingerprint density at radius 2 is 1.69 bits per heavy atom. The number of carbonyl (C=O) groups excluding carboxylic acids is 1. The van der Waals surface area contributed by atoms with E-state index in [-0.39, 0.29) is 12.5 Å². The van der Waals surface area contributed by atoms with E-state index in [9.17, 15) is 4.79 Å². The second kappa shape index (κ2) is 8.62. The van der Waals surface area contributed by atoms with Crippen molar-refractivity contribution in [2.45, 2.75) is 6.92 Å². The van der Waals surface area contributed by atoms with E-state index in [1.54, 1.807) is 0 Å². The van der Waals surface area contributed by atoms with Crippen LogP contribution in [0, 0.1) is 0 Å². The summed E-state index contributed by atoms with van der Waals surface area (Å²) in [7, 11) is 0. The van der Waals surface area contributed by atoms with Gasteiger partial charge in [-0.2, -0.15) is 5.10 Å². The number of allylic oxidation sites excluding steroid dienone is 1. The molecule has 4 heteroatoms. The van der Waals surface area contributed by atoms with Gasteiger partial charge in [-0.1, -0.05) is 66.7 Å². The van der Waals surface area contributed by atoms with E-state index in [2.05, 4.69) is 21.9 Å². The first kappa shape index (κ1) is 17.4. The highest BCUT2D eigenvalue weighted by atomic mass is 16.2. The molecule has 0 unspecified atom stereocenters. The maximum absolute atomic E-state index is 12.0. The molecule has 0 spiro atoms. The average Bonchev–Trinajstić information content (AvgIpc) is 2.69. The van der Waals surface area contributed by atoms with Crippen molar-refractivity contribution in [3.8, 4) is 0 Å². The van der Waals surface area contributed by atoms with Gasteiger partial charge in [0.1, 0.15) is 0 Å². The van der Waals surface area contributed by atoms with Crippen LogP contribution in [-0.4, -0.2) is 18.2 Å². The molecule has 0 saturated heterocycles. The molecule has 0 saturated carbocycles. The molecule has 3 rings (SSSR count). The molecule has 0 heterocycles. The molecule has 0 aliphatic carbocycles. The highest BCUT2D eigenvalue weighted by Crippen LogP contribution is 2.18. The first-order valence-corrected chi connectivity index (χ1v) is 8.50. The molecule has 3 aromatic rings. The first-order valence-electron chi connectivity index (χ1n) is 8.50. The number of carbonyl (C=O) groups is 1. The molecule has 2 N–H and O–H groups in total. The molecule has 4 nitrogen and oxygen atoms in total. The van der Waals surface area contributed by atoms with Gasteiger partial charge >= 0.3 is 0 Å². The van der Waals surface area contributed by atoms with Gasteiger partial charge in [-0.25, -0.2) is 5.43 Å². The molecule has 0 fully saturated rings. The van der Waals surface area contributed by atoms with Crippen LogP contribution in [-0.2, 0) is 4.79 Å². The molecule has 0 aromatic heterocycles. The predicted octanol–water partition coefficient (Wildman–Crippen LogP) is 4.46. The van der Waals surface area contributed by atoms with Crippen LogP contribution in [0.2, 0.25) is 0 Å². The van der Waals surface area contributed by atoms with Gasteiger partial charge in [0.2, 0.25) is 0 Å². The van der Waals surface area contributed by atoms with Crippen molar-refractivity contribution in [2.75, 3.05) is 11.9 Å². The van der Waals surface area contributed by atoms with Crippen molar-refractivity contribution in [1.82, 2.24) is 5.43 Å². The van der Waals surface area contributed by atoms with Gasteiger partial charge in [0.15, 0.2) is 0 Å². The average molecular weight is 343 g/mol. The Labute approximate surface area is 153 Å². The van der Waals surface area contributed by atoms with Gasteiger partial charge in [0, 0.05) is 5.69 Å². The summed E-state index contributed by atoms with van der Waals surface area (Å²) in [6.45, 7) is 2.01. The van der Waals surface area contributed by atoms with Crippen molar-refractivity contribution in [2.24, 2.45) is 5.10 Å². The molecule has 26 heavy (non-hydrogen) atoms. The zero-order valence-electron chi connectivity index (χ0n) is 14.6. The molecular weight excluding hydrogens is 322 g/mol. The molecule has 0 atom stereocenters. The highest BCUT2D eigenvalue weighted by molar-refractivity contribution is 5.97. The SMILES string of the molecule is CC(/C=C\c1ccccc1)=NNC(=O)CNc1ccc2ccccc2c1. The normalized spacial score (nSPS) is 11.7. The number of nitrogens with zero attached hydrogens (tertiary/aromatic N) is 1. The topological polar surface area (TPSA) is 53.5 Å². The summed E-state index contributed by atoms with van der Waals surface area (Å²) >= 11 is 0. The number of rotatable bonds is 6. The number of nitrogens with one attached hydrogen (secondary N) is 2. The lowest BCUT2D eigenvalue weighted by molar-refractivity contribution is -0.119. The number of benzene rings is 3. The Balaban J connectivity index is 1.50. The third-order valence-corrected chi connectivity index (χ3v) is 3.88. The van der Waals surface area contributed by atoms with Gasteiger partial charge in [-0.05, 0) is 41.5 Å². The van der Waals surface area contributed by atoms with E-state index < -0.39 is 0 Å². The van der Waals surface area contributed by atoms with Crippen molar-refractivity contribution in [3.05, 3.63) is 84.4 Å². The van der Waals surface area contributed by atoms with Crippen LogP contribution in [0.4, 0.5) is 5.69 Å². The zero-order chi connectivity index (χ0) is 18.2. The van der Waals surface area contributed by atoms with Crippen molar-refractivity contribution in [3.63, 3.8) is 0 Å². The van der Waals surface area contributed by atoms with E-state index >= 15 is 0 Å². The molecule has 1 amide bonds. The quantitative estimate of drug-likeness (QED) is 0.513. The van der Waals surface area contributed by atoms with Gasteiger partial charge in [0.25, 0.3) is 5.91 Å². The number of hydrazone groups is 1.